The van der Waals surface area contributed by atoms with E-state index in [4.69, 9.17) is 39.7 Å². The van der Waals surface area contributed by atoms with E-state index in [0.717, 1.165) is 0 Å². The van der Waals surface area contributed by atoms with Crippen molar-refractivity contribution in [2.75, 3.05) is 59.9 Å². The fourth-order valence-corrected chi connectivity index (χ4v) is 9.90. The van der Waals surface area contributed by atoms with E-state index in [2.05, 4.69) is 20.8 Å². The lowest BCUT2D eigenvalue weighted by Gasteiger charge is -2.40. The number of likely N-dealkylation sites (tertiary alicyclic amines) is 1. The number of carbonyl (C=O) groups is 11. The molecular formula is C57H91N7O19. The van der Waals surface area contributed by atoms with Gasteiger partial charge in [0.1, 0.15) is 0 Å². The number of hydrogen-bond acceptors (Lipinski definition) is 19. The van der Waals surface area contributed by atoms with Crippen molar-refractivity contribution in [1.82, 2.24) is 19.9 Å². The molecule has 0 unspecified atom stereocenters. The fraction of sp³-hybridized carbons (Fsp3) is 0.789. The molecule has 4 N–H and O–H groups in total. The van der Waals surface area contributed by atoms with Crippen molar-refractivity contribution in [1.29, 1.82) is 0 Å². The van der Waals surface area contributed by atoms with Crippen molar-refractivity contribution in [2.24, 2.45) is 15.7 Å². The summed E-state index contributed by atoms with van der Waals surface area (Å²) in [5.74, 6) is -5.43. The number of carboxylic acid groups (broad SMARTS) is 2. The number of aliphatic imine (C=N–C) groups is 2. The molecule has 7 fully saturated rings. The molecule has 0 aromatic heterocycles. The molecule has 0 spiro atoms. The summed E-state index contributed by atoms with van der Waals surface area (Å²) in [6, 6.07) is 4.74. The van der Waals surface area contributed by atoms with Gasteiger partial charge in [-0.25, -0.2) is 24.4 Å². The summed E-state index contributed by atoms with van der Waals surface area (Å²) in [5.41, 5.74) is 5.59. The van der Waals surface area contributed by atoms with Crippen molar-refractivity contribution in [3.8, 4) is 0 Å². The van der Waals surface area contributed by atoms with Crippen LogP contribution in [-0.2, 0) is 76.6 Å². The monoisotopic (exact) mass is 1180 g/mol. The van der Waals surface area contributed by atoms with E-state index in [1.807, 2.05) is 4.90 Å². The number of nitrogens with zero attached hydrogens (tertiary/aromatic N) is 6. The van der Waals surface area contributed by atoms with Crippen molar-refractivity contribution in [3.05, 3.63) is 0 Å². The van der Waals surface area contributed by atoms with Crippen LogP contribution < -0.4 is 5.73 Å². The highest BCUT2D eigenvalue weighted by atomic mass is 16.7. The maximum absolute atomic E-state index is 11.6. The third kappa shape index (κ3) is 31.3. The summed E-state index contributed by atoms with van der Waals surface area (Å²) in [5, 5.41) is 17.5. The Morgan fingerprint density at radius 2 is 0.783 bits per heavy atom. The first-order valence-electron chi connectivity index (χ1n) is 29.9. The minimum absolute atomic E-state index is 0.0149. The summed E-state index contributed by atoms with van der Waals surface area (Å²) in [6.07, 6.45) is 27.3. The van der Waals surface area contributed by atoms with Crippen LogP contribution in [0.15, 0.2) is 9.98 Å². The fourth-order valence-electron chi connectivity index (χ4n) is 9.90. The van der Waals surface area contributed by atoms with Gasteiger partial charge >= 0.3 is 29.9 Å². The number of urea groups is 1. The van der Waals surface area contributed by atoms with Gasteiger partial charge in [-0.3, -0.25) is 43.3 Å². The maximum atomic E-state index is 11.6. The number of amides is 8. The molecule has 4 saturated carbocycles. The van der Waals surface area contributed by atoms with Crippen molar-refractivity contribution in [2.45, 2.75) is 230 Å². The third-order valence-electron chi connectivity index (χ3n) is 14.5. The summed E-state index contributed by atoms with van der Waals surface area (Å²) in [4.78, 5) is 143. The first-order chi connectivity index (χ1) is 40.0. The van der Waals surface area contributed by atoms with Crippen LogP contribution in [0.1, 0.15) is 205 Å². The molecule has 0 aromatic carbocycles. The zero-order chi connectivity index (χ0) is 60.6. The molecule has 4 aliphatic carbocycles. The van der Waals surface area contributed by atoms with Crippen LogP contribution in [0.5, 0.6) is 0 Å². The van der Waals surface area contributed by atoms with E-state index >= 15 is 0 Å². The summed E-state index contributed by atoms with van der Waals surface area (Å²) in [7, 11) is 1.51. The number of aliphatic carboxylic acids is 2. The molecule has 7 rings (SSSR count). The number of hydrogen-bond donors (Lipinski definition) is 3. The van der Waals surface area contributed by atoms with Gasteiger partial charge in [-0.1, -0.05) is 77.0 Å². The Balaban J connectivity index is 0.000000288. The molecule has 26 nitrogen and oxygen atoms in total. The van der Waals surface area contributed by atoms with Crippen LogP contribution in [0.3, 0.4) is 0 Å². The van der Waals surface area contributed by atoms with E-state index in [9.17, 15) is 52.7 Å². The Kier molecular flexibility index (Phi) is 36.4. The van der Waals surface area contributed by atoms with Crippen LogP contribution in [0, 0.1) is 0 Å². The first-order valence-corrected chi connectivity index (χ1v) is 29.9. The van der Waals surface area contributed by atoms with Crippen LogP contribution in [0.25, 0.3) is 0 Å². The van der Waals surface area contributed by atoms with Crippen LogP contribution in [0.4, 0.5) is 4.79 Å². The Morgan fingerprint density at radius 1 is 0.458 bits per heavy atom. The van der Waals surface area contributed by atoms with E-state index in [1.54, 1.807) is 0 Å². The second-order valence-electron chi connectivity index (χ2n) is 21.2. The lowest BCUT2D eigenvalue weighted by Crippen LogP contribution is -2.51. The summed E-state index contributed by atoms with van der Waals surface area (Å²) >= 11 is 0. The van der Waals surface area contributed by atoms with Gasteiger partial charge < -0.3 is 49.5 Å². The number of primary amides is 1. The maximum Gasteiger partial charge on any atom is 0.335 e. The molecule has 3 heterocycles. The smallest absolute Gasteiger partial charge is 0.335 e. The van der Waals surface area contributed by atoms with Crippen molar-refractivity contribution in [3.63, 3.8) is 0 Å². The van der Waals surface area contributed by atoms with E-state index in [0.29, 0.717) is 79.8 Å². The van der Waals surface area contributed by atoms with Crippen LogP contribution in [-0.4, -0.2) is 186 Å². The van der Waals surface area contributed by atoms with E-state index < -0.39 is 47.5 Å². The summed E-state index contributed by atoms with van der Waals surface area (Å²) < 4.78 is 20.4. The number of ether oxygens (including phenoxy) is 4. The lowest BCUT2D eigenvalue weighted by atomic mass is 9.89. The second kappa shape index (κ2) is 42.6. The molecule has 7 aliphatic rings. The average Bonchev–Trinajstić information content (AvgIpc) is 4.15. The Hall–Kier alpha value is -6.21. The zero-order valence-electron chi connectivity index (χ0n) is 48.7. The third-order valence-corrected chi connectivity index (χ3v) is 14.5. The normalized spacial score (nSPS) is 18.7. The Labute approximate surface area is 486 Å². The second-order valence-corrected chi connectivity index (χ2v) is 21.2. The first kappa shape index (κ1) is 71.1. The van der Waals surface area contributed by atoms with E-state index in [1.165, 1.54) is 140 Å². The molecule has 0 radical (unpaired) electrons. The van der Waals surface area contributed by atoms with Crippen molar-refractivity contribution < 1.29 is 91.6 Å². The van der Waals surface area contributed by atoms with Gasteiger partial charge in [-0.15, -0.1) is 10.1 Å². The van der Waals surface area contributed by atoms with Crippen LogP contribution >= 0.6 is 0 Å². The Bertz CT molecular complexity index is 1950. The molecule has 0 bridgehead atoms. The molecule has 0 atom stereocenters. The molecule has 26 heteroatoms. The largest absolute Gasteiger partial charge is 0.481 e. The predicted molar refractivity (Wildman–Crippen MR) is 296 cm³/mol. The van der Waals surface area contributed by atoms with Gasteiger partial charge in [0.2, 0.25) is 11.8 Å². The standard InChI is InChI=1S/C17H22N2O10.C13H24N2O.C13H22N2.C9H16O6.C5H7NO2/c20-12-3-4-13(21)18(12)28-16(24)2-1-8-26-10-11-27-9-7-17(25)29-19-14(22)5-6-15(19)23;14-13(16)15(11-7-3-1-4-8-11)12-9-5-2-6-10-12;1-3-7-12(8-4-1)14-11-15-13-9-5-2-6-10-13;10-8(11)2-1-4-14-6-7-15-5-3-9(12)13;1-6-4(7)2-3-5(6)8/h1-11H2;11-12H,1-10H2,(H2,14,16);12-13H,1-10H2;1-7H2,(H,10,11)(H,12,13);2-3H2,1H3. The van der Waals surface area contributed by atoms with Gasteiger partial charge in [0.25, 0.3) is 23.6 Å². The topological polar surface area (TPSA) is 347 Å². The quantitative estimate of drug-likeness (QED) is 0.0480. The highest BCUT2D eigenvalue weighted by Crippen LogP contribution is 2.30. The van der Waals surface area contributed by atoms with Gasteiger partial charge in [-0.05, 0) is 64.2 Å². The van der Waals surface area contributed by atoms with Crippen molar-refractivity contribution >= 4 is 71.4 Å². The number of carbonyl (C=O) groups excluding carboxylic acids is 9. The zero-order valence-corrected chi connectivity index (χ0v) is 48.7. The summed E-state index contributed by atoms with van der Waals surface area (Å²) in [6.45, 7) is 1.93. The highest BCUT2D eigenvalue weighted by Gasteiger charge is 2.34. The number of hydroxylamine groups is 4. The number of carboxylic acids is 2. The minimum atomic E-state index is -0.891. The molecular weight excluding hydrogens is 1090 g/mol. The predicted octanol–water partition coefficient (Wildman–Crippen LogP) is 6.39. The minimum Gasteiger partial charge on any atom is -0.481 e. The van der Waals surface area contributed by atoms with Gasteiger partial charge in [0, 0.05) is 77.3 Å². The SMILES string of the molecule is C(=NC1CCCCC1)=NC1CCCCC1.CN1C(=O)CCC1=O.NC(=O)N(C1CCCCC1)C1CCCCC1.O=C(CCCOCCOCCC(=O)ON1C(=O)CCC1=O)ON1C(=O)CCC1=O.O=C(O)CCCOCCOCCC(=O)O. The Morgan fingerprint density at radius 3 is 1.13 bits per heavy atom. The number of nitrogens with two attached hydrogens (primary N) is 1. The van der Waals surface area contributed by atoms with Gasteiger partial charge in [-0.2, -0.15) is 0 Å². The van der Waals surface area contributed by atoms with E-state index in [-0.39, 0.29) is 102 Å². The molecule has 468 valence electrons. The molecule has 3 saturated heterocycles. The average molecular weight is 1180 g/mol. The molecule has 3 aliphatic heterocycles. The molecule has 83 heavy (non-hydrogen) atoms. The van der Waals surface area contributed by atoms with Gasteiger partial charge in [0.15, 0.2) is 0 Å². The number of imide groups is 3. The highest BCUT2D eigenvalue weighted by molar-refractivity contribution is 6.02. The van der Waals surface area contributed by atoms with Gasteiger partial charge in [0.05, 0.1) is 77.0 Å². The molecule has 8 amide bonds. The van der Waals surface area contributed by atoms with Crippen LogP contribution in [0.2, 0.25) is 0 Å². The lowest BCUT2D eigenvalue weighted by molar-refractivity contribution is -0.198. The number of rotatable bonds is 26. The molecule has 0 aromatic rings.